The Morgan fingerprint density at radius 3 is 2.64 bits per heavy atom. The zero-order chi connectivity index (χ0) is 10.7. The van der Waals surface area contributed by atoms with Crippen LogP contribution in [0.3, 0.4) is 0 Å². The molecule has 1 aromatic carbocycles. The SMILES string of the molecule is CNc1cc(F)c(C(=O)O)cc1OC. The number of carboxylic acids is 1. The molecule has 2 N–H and O–H groups in total. The van der Waals surface area contributed by atoms with Crippen LogP contribution in [0.2, 0.25) is 0 Å². The summed E-state index contributed by atoms with van der Waals surface area (Å²) in [6.07, 6.45) is 0. The van der Waals surface area contributed by atoms with E-state index in [0.717, 1.165) is 12.1 Å². The lowest BCUT2D eigenvalue weighted by atomic mass is 10.1. The largest absolute Gasteiger partial charge is 0.495 e. The van der Waals surface area contributed by atoms with Crippen LogP contribution < -0.4 is 10.1 Å². The lowest BCUT2D eigenvalue weighted by Gasteiger charge is -2.09. The summed E-state index contributed by atoms with van der Waals surface area (Å²) in [5.74, 6) is -1.81. The number of carboxylic acid groups (broad SMARTS) is 1. The summed E-state index contributed by atoms with van der Waals surface area (Å²) >= 11 is 0. The maximum Gasteiger partial charge on any atom is 0.338 e. The van der Waals surface area contributed by atoms with Crippen molar-refractivity contribution < 1.29 is 19.0 Å². The van der Waals surface area contributed by atoms with Crippen LogP contribution >= 0.6 is 0 Å². The highest BCUT2D eigenvalue weighted by Gasteiger charge is 2.14. The summed E-state index contributed by atoms with van der Waals surface area (Å²) in [6, 6.07) is 2.23. The van der Waals surface area contributed by atoms with Gasteiger partial charge in [-0.2, -0.15) is 0 Å². The second-order valence-electron chi connectivity index (χ2n) is 2.59. The number of anilines is 1. The zero-order valence-corrected chi connectivity index (χ0v) is 7.80. The van der Waals surface area contributed by atoms with Gasteiger partial charge in [-0.25, -0.2) is 9.18 Å². The number of halogens is 1. The van der Waals surface area contributed by atoms with Crippen molar-refractivity contribution in [2.45, 2.75) is 0 Å². The molecule has 0 fully saturated rings. The van der Waals surface area contributed by atoms with E-state index >= 15 is 0 Å². The Morgan fingerprint density at radius 1 is 1.57 bits per heavy atom. The Morgan fingerprint density at radius 2 is 2.21 bits per heavy atom. The van der Waals surface area contributed by atoms with Gasteiger partial charge in [0.25, 0.3) is 0 Å². The van der Waals surface area contributed by atoms with Crippen molar-refractivity contribution in [1.29, 1.82) is 0 Å². The minimum absolute atomic E-state index is 0.298. The molecule has 0 aliphatic rings. The van der Waals surface area contributed by atoms with Crippen molar-refractivity contribution >= 4 is 11.7 Å². The molecule has 0 amide bonds. The number of nitrogens with one attached hydrogen (secondary N) is 1. The molecule has 0 bridgehead atoms. The average molecular weight is 199 g/mol. The summed E-state index contributed by atoms with van der Waals surface area (Å²) in [7, 11) is 2.98. The fourth-order valence-corrected chi connectivity index (χ4v) is 1.08. The third kappa shape index (κ3) is 1.76. The Labute approximate surface area is 80.3 Å². The monoisotopic (exact) mass is 199 g/mol. The van der Waals surface area contributed by atoms with Crippen molar-refractivity contribution in [2.24, 2.45) is 0 Å². The molecule has 0 aromatic heterocycles. The van der Waals surface area contributed by atoms with Gasteiger partial charge in [0.05, 0.1) is 18.4 Å². The van der Waals surface area contributed by atoms with Crippen LogP contribution in [0.4, 0.5) is 10.1 Å². The average Bonchev–Trinajstić information content (AvgIpc) is 2.16. The number of carbonyl (C=O) groups is 1. The van der Waals surface area contributed by atoms with Gasteiger partial charge in [0, 0.05) is 13.1 Å². The molecule has 1 aromatic rings. The maximum absolute atomic E-state index is 13.1. The van der Waals surface area contributed by atoms with Gasteiger partial charge >= 0.3 is 5.97 Å². The first-order chi connectivity index (χ1) is 6.60. The highest BCUT2D eigenvalue weighted by Crippen LogP contribution is 2.27. The molecule has 0 saturated carbocycles. The van der Waals surface area contributed by atoms with E-state index in [-0.39, 0.29) is 0 Å². The van der Waals surface area contributed by atoms with Crippen molar-refractivity contribution in [3.8, 4) is 5.75 Å². The third-order valence-corrected chi connectivity index (χ3v) is 1.79. The van der Waals surface area contributed by atoms with Gasteiger partial charge in [0.15, 0.2) is 0 Å². The van der Waals surface area contributed by atoms with E-state index in [9.17, 15) is 9.18 Å². The zero-order valence-electron chi connectivity index (χ0n) is 7.80. The standard InChI is InChI=1S/C9H10FNO3/c1-11-7-4-6(10)5(9(12)13)3-8(7)14-2/h3-4,11H,1-2H3,(H,12,13). The summed E-state index contributed by atoms with van der Waals surface area (Å²) in [5, 5.41) is 11.3. The summed E-state index contributed by atoms with van der Waals surface area (Å²) < 4.78 is 18.0. The van der Waals surface area contributed by atoms with Crippen molar-refractivity contribution in [3.63, 3.8) is 0 Å². The topological polar surface area (TPSA) is 58.6 Å². The Bertz CT molecular complexity index is 365. The Balaban J connectivity index is 3.30. The molecule has 76 valence electrons. The van der Waals surface area contributed by atoms with Gasteiger partial charge in [-0.1, -0.05) is 0 Å². The smallest absolute Gasteiger partial charge is 0.338 e. The molecule has 0 saturated heterocycles. The molecule has 0 atom stereocenters. The molecule has 0 aliphatic carbocycles. The lowest BCUT2D eigenvalue weighted by molar-refractivity contribution is 0.0691. The van der Waals surface area contributed by atoms with Crippen LogP contribution in [-0.4, -0.2) is 25.2 Å². The summed E-state index contributed by atoms with van der Waals surface area (Å²) in [6.45, 7) is 0. The number of ether oxygens (including phenoxy) is 1. The van der Waals surface area contributed by atoms with E-state index in [4.69, 9.17) is 9.84 Å². The predicted octanol–water partition coefficient (Wildman–Crippen LogP) is 1.57. The first-order valence-electron chi connectivity index (χ1n) is 3.88. The normalized spacial score (nSPS) is 9.64. The van der Waals surface area contributed by atoms with Crippen LogP contribution in [-0.2, 0) is 0 Å². The van der Waals surface area contributed by atoms with E-state index in [1.807, 2.05) is 0 Å². The predicted molar refractivity (Wildman–Crippen MR) is 49.5 cm³/mol. The molecule has 0 radical (unpaired) electrons. The highest BCUT2D eigenvalue weighted by molar-refractivity contribution is 5.89. The Hall–Kier alpha value is -1.78. The molecule has 14 heavy (non-hydrogen) atoms. The van der Waals surface area contributed by atoms with Gasteiger partial charge in [0.2, 0.25) is 0 Å². The molecular formula is C9H10FNO3. The number of methoxy groups -OCH3 is 1. The van der Waals surface area contributed by atoms with E-state index in [1.54, 1.807) is 7.05 Å². The number of hydrogen-bond acceptors (Lipinski definition) is 3. The van der Waals surface area contributed by atoms with Gasteiger partial charge in [0.1, 0.15) is 11.6 Å². The fourth-order valence-electron chi connectivity index (χ4n) is 1.08. The number of rotatable bonds is 3. The van der Waals surface area contributed by atoms with Crippen LogP contribution in [0, 0.1) is 5.82 Å². The van der Waals surface area contributed by atoms with E-state index in [0.29, 0.717) is 11.4 Å². The van der Waals surface area contributed by atoms with Crippen LogP contribution in [0.1, 0.15) is 10.4 Å². The Kier molecular flexibility index (Phi) is 2.91. The second kappa shape index (κ2) is 3.95. The van der Waals surface area contributed by atoms with Gasteiger partial charge in [-0.05, 0) is 6.07 Å². The van der Waals surface area contributed by atoms with E-state index in [1.165, 1.54) is 7.11 Å². The van der Waals surface area contributed by atoms with Gasteiger partial charge in [-0.15, -0.1) is 0 Å². The van der Waals surface area contributed by atoms with Crippen molar-refractivity contribution in [3.05, 3.63) is 23.5 Å². The van der Waals surface area contributed by atoms with Crippen LogP contribution in [0.25, 0.3) is 0 Å². The van der Waals surface area contributed by atoms with Gasteiger partial charge in [-0.3, -0.25) is 0 Å². The fraction of sp³-hybridized carbons (Fsp3) is 0.222. The van der Waals surface area contributed by atoms with Crippen molar-refractivity contribution in [2.75, 3.05) is 19.5 Å². The molecule has 0 unspecified atom stereocenters. The molecule has 0 spiro atoms. The molecule has 0 heterocycles. The summed E-state index contributed by atoms with van der Waals surface area (Å²) in [5.41, 5.74) is 0.0100. The van der Waals surface area contributed by atoms with Gasteiger partial charge < -0.3 is 15.2 Å². The van der Waals surface area contributed by atoms with E-state index in [2.05, 4.69) is 5.32 Å². The first-order valence-corrected chi connectivity index (χ1v) is 3.88. The van der Waals surface area contributed by atoms with Crippen LogP contribution in [0.15, 0.2) is 12.1 Å². The quantitative estimate of drug-likeness (QED) is 0.775. The number of aromatic carboxylic acids is 1. The van der Waals surface area contributed by atoms with E-state index < -0.39 is 17.3 Å². The maximum atomic E-state index is 13.1. The third-order valence-electron chi connectivity index (χ3n) is 1.79. The molecule has 5 heteroatoms. The van der Waals surface area contributed by atoms with Crippen molar-refractivity contribution in [1.82, 2.24) is 0 Å². The lowest BCUT2D eigenvalue weighted by Crippen LogP contribution is -2.03. The molecular weight excluding hydrogens is 189 g/mol. The second-order valence-corrected chi connectivity index (χ2v) is 2.59. The minimum atomic E-state index is -1.32. The molecule has 0 aliphatic heterocycles. The number of hydrogen-bond donors (Lipinski definition) is 2. The first kappa shape index (κ1) is 10.3. The highest BCUT2D eigenvalue weighted by atomic mass is 19.1. The number of benzene rings is 1. The molecule has 1 rings (SSSR count). The summed E-state index contributed by atoms with van der Waals surface area (Å²) in [4.78, 5) is 10.6. The minimum Gasteiger partial charge on any atom is -0.495 e. The molecule has 4 nitrogen and oxygen atoms in total. The van der Waals surface area contributed by atoms with Crippen LogP contribution in [0.5, 0.6) is 5.75 Å².